The lowest BCUT2D eigenvalue weighted by Crippen LogP contribution is -2.47. The standard InChI is InChI=1S/C31H43N5O4S.C25H32N4O2.2CH4.2H2S/c1-24-6-8-25(9-7-24)26-10-12-27(13-11-26)30(37)32(2)29-15-19-35(23-29)31(38)33(3)28-14-18-34(22-28)20-21-41(39,40)36-16-4-5-17-36;1-18-4-6-19(7-5-18)20-8-10-21(11-9-20)24(30)27(2)23-13-15-29(17-23)25(31)28(3)22-12-14-26-16-22;;;;/h6-13,28-29H,4-5,14-23H2,1-3H3;4-11,22-23,26H,12-17H2,1-3H3;2*1H4;2*1H2/t28?,29-;22?,23-;;;;/m00..../s1. The highest BCUT2D eigenvalue weighted by Crippen LogP contribution is 2.26. The molecule has 2 unspecified atom stereocenters. The summed E-state index contributed by atoms with van der Waals surface area (Å²) < 4.78 is 26.8. The highest BCUT2D eigenvalue weighted by molar-refractivity contribution is 7.89. The number of carbonyl (C=O) groups excluding carboxylic acids is 4. The van der Waals surface area contributed by atoms with Crippen molar-refractivity contribution in [2.75, 3.05) is 106 Å². The van der Waals surface area contributed by atoms with Gasteiger partial charge in [0.25, 0.3) is 11.8 Å². The molecule has 0 saturated carbocycles. The Morgan fingerprint density at radius 1 is 0.513 bits per heavy atom. The first-order valence-corrected chi connectivity index (χ1v) is 27.5. The number of benzene rings is 4. The van der Waals surface area contributed by atoms with Crippen LogP contribution in [0.25, 0.3) is 22.3 Å². The van der Waals surface area contributed by atoms with Crippen LogP contribution in [-0.4, -0.2) is 201 Å². The number of nitrogens with zero attached hydrogens (tertiary/aromatic N) is 8. The minimum atomic E-state index is -3.20. The van der Waals surface area contributed by atoms with E-state index in [1.807, 2.05) is 96.3 Å². The Morgan fingerprint density at radius 2 is 0.895 bits per heavy atom. The molecule has 0 aromatic heterocycles. The smallest absolute Gasteiger partial charge is 0.320 e. The molecule has 0 spiro atoms. The largest absolute Gasteiger partial charge is 0.337 e. The van der Waals surface area contributed by atoms with Crippen LogP contribution >= 0.6 is 27.0 Å². The Bertz CT molecular complexity index is 2610. The first-order chi connectivity index (χ1) is 34.6. The van der Waals surface area contributed by atoms with Crippen molar-refractivity contribution in [2.45, 2.75) is 91.4 Å². The van der Waals surface area contributed by atoms with Crippen LogP contribution in [0.4, 0.5) is 9.59 Å². The quantitative estimate of drug-likeness (QED) is 0.150. The molecule has 5 aliphatic rings. The maximum Gasteiger partial charge on any atom is 0.320 e. The van der Waals surface area contributed by atoms with E-state index in [9.17, 15) is 27.6 Å². The van der Waals surface area contributed by atoms with Crippen LogP contribution in [0.15, 0.2) is 97.1 Å². The number of hydrogen-bond acceptors (Lipinski definition) is 8. The fourth-order valence-electron chi connectivity index (χ4n) is 10.7. The van der Waals surface area contributed by atoms with Crippen LogP contribution in [0.2, 0.25) is 0 Å². The summed E-state index contributed by atoms with van der Waals surface area (Å²) in [5, 5.41) is 3.31. The maximum absolute atomic E-state index is 13.4. The molecule has 6 amide bonds. The monoisotopic (exact) mass is 1100 g/mol. The number of nitrogens with one attached hydrogen (secondary N) is 1. The SMILES string of the molecule is C.C.Cc1ccc(-c2ccc(C(=O)N(C)[C@H]3CCN(C(=O)N(C)C4CCN(CCS(=O)(=O)N5CCCC5)C4)C3)cc2)cc1.Cc1ccc(-c2ccc(C(=O)N(C)[C@H]3CCN(C(=O)N(C)C4CCNC4)C3)cc2)cc1.S.S. The number of urea groups is 2. The molecule has 5 heterocycles. The van der Waals surface area contributed by atoms with Gasteiger partial charge in [-0.3, -0.25) is 9.59 Å². The molecule has 0 bridgehead atoms. The van der Waals surface area contributed by atoms with Crippen LogP contribution in [-0.2, 0) is 10.0 Å². The molecule has 76 heavy (non-hydrogen) atoms. The molecular formula is C58H87N9O6S3. The van der Waals surface area contributed by atoms with Crippen molar-refractivity contribution in [2.24, 2.45) is 0 Å². The highest BCUT2D eigenvalue weighted by atomic mass is 32.2. The lowest BCUT2D eigenvalue weighted by atomic mass is 10.0. The van der Waals surface area contributed by atoms with Gasteiger partial charge >= 0.3 is 12.1 Å². The molecule has 0 aliphatic carbocycles. The van der Waals surface area contributed by atoms with E-state index < -0.39 is 10.0 Å². The van der Waals surface area contributed by atoms with Gasteiger partial charge in [0, 0.05) is 117 Å². The second kappa shape index (κ2) is 28.5. The van der Waals surface area contributed by atoms with Crippen molar-refractivity contribution in [3.8, 4) is 22.3 Å². The average molecular weight is 1100 g/mol. The zero-order valence-corrected chi connectivity index (χ0v) is 47.0. The first kappa shape index (κ1) is 63.4. The van der Waals surface area contributed by atoms with E-state index in [1.165, 1.54) is 11.1 Å². The molecule has 18 heteroatoms. The van der Waals surface area contributed by atoms with Gasteiger partial charge in [-0.25, -0.2) is 22.3 Å². The van der Waals surface area contributed by atoms with Gasteiger partial charge in [-0.2, -0.15) is 27.0 Å². The van der Waals surface area contributed by atoms with Crippen molar-refractivity contribution in [3.05, 3.63) is 119 Å². The molecule has 418 valence electrons. The average Bonchev–Trinajstić information content (AvgIpc) is 4.28. The molecule has 4 aromatic rings. The molecule has 15 nitrogen and oxygen atoms in total. The summed E-state index contributed by atoms with van der Waals surface area (Å²) in [7, 11) is 4.20. The van der Waals surface area contributed by atoms with Crippen LogP contribution in [0, 0.1) is 13.8 Å². The maximum atomic E-state index is 13.4. The van der Waals surface area contributed by atoms with Crippen molar-refractivity contribution in [1.82, 2.24) is 43.9 Å². The summed E-state index contributed by atoms with van der Waals surface area (Å²) in [6.07, 6.45) is 5.28. The summed E-state index contributed by atoms with van der Waals surface area (Å²) >= 11 is 0. The van der Waals surface area contributed by atoms with E-state index >= 15 is 0 Å². The van der Waals surface area contributed by atoms with Gasteiger partial charge in [0.05, 0.1) is 17.8 Å². The highest BCUT2D eigenvalue weighted by Gasteiger charge is 2.38. The summed E-state index contributed by atoms with van der Waals surface area (Å²) in [4.78, 5) is 65.6. The first-order valence-electron chi connectivity index (χ1n) is 25.9. The predicted molar refractivity (Wildman–Crippen MR) is 319 cm³/mol. The minimum absolute atomic E-state index is 0. The van der Waals surface area contributed by atoms with Crippen LogP contribution in [0.3, 0.4) is 0 Å². The zero-order valence-electron chi connectivity index (χ0n) is 44.2. The van der Waals surface area contributed by atoms with Gasteiger partial charge < -0.3 is 39.6 Å². The Morgan fingerprint density at radius 3 is 1.30 bits per heavy atom. The summed E-state index contributed by atoms with van der Waals surface area (Å²) in [6.45, 7) is 11.6. The fourth-order valence-corrected chi connectivity index (χ4v) is 12.3. The Labute approximate surface area is 468 Å². The number of sulfonamides is 1. The van der Waals surface area contributed by atoms with Crippen molar-refractivity contribution < 1.29 is 27.6 Å². The Balaban J connectivity index is 0.000000323. The predicted octanol–water partition coefficient (Wildman–Crippen LogP) is 8.08. The van der Waals surface area contributed by atoms with E-state index in [-0.39, 0.29) is 95.6 Å². The van der Waals surface area contributed by atoms with Gasteiger partial charge in [0.15, 0.2) is 0 Å². The normalized spacial score (nSPS) is 20.2. The van der Waals surface area contributed by atoms with E-state index in [4.69, 9.17) is 0 Å². The molecule has 1 N–H and O–H groups in total. The molecule has 4 atom stereocenters. The molecule has 0 radical (unpaired) electrons. The van der Waals surface area contributed by atoms with Gasteiger partial charge in [-0.1, -0.05) is 98.8 Å². The number of rotatable bonds is 12. The summed E-state index contributed by atoms with van der Waals surface area (Å²) in [5.74, 6) is 0.103. The number of likely N-dealkylation sites (N-methyl/N-ethyl adjacent to an activating group) is 4. The molecular weight excluding hydrogens is 1010 g/mol. The van der Waals surface area contributed by atoms with Crippen LogP contribution in [0.5, 0.6) is 0 Å². The number of likely N-dealkylation sites (tertiary alicyclic amines) is 3. The van der Waals surface area contributed by atoms with Gasteiger partial charge in [0.2, 0.25) is 10.0 Å². The Hall–Kier alpha value is -5.11. The van der Waals surface area contributed by atoms with E-state index in [0.29, 0.717) is 63.5 Å². The number of carbonyl (C=O) groups is 4. The number of aryl methyl sites for hydroxylation is 2. The second-order valence-electron chi connectivity index (χ2n) is 20.6. The van der Waals surface area contributed by atoms with Crippen molar-refractivity contribution in [1.29, 1.82) is 0 Å². The number of hydrogen-bond donors (Lipinski definition) is 1. The zero-order chi connectivity index (χ0) is 51.1. The lowest BCUT2D eigenvalue weighted by Gasteiger charge is -2.30. The van der Waals surface area contributed by atoms with Crippen LogP contribution in [0.1, 0.15) is 85.2 Å². The molecule has 9 rings (SSSR count). The summed E-state index contributed by atoms with van der Waals surface area (Å²) in [5.41, 5.74) is 8.19. The molecule has 5 saturated heterocycles. The fraction of sp³-hybridized carbons (Fsp3) is 0.517. The van der Waals surface area contributed by atoms with Gasteiger partial charge in [0.1, 0.15) is 0 Å². The van der Waals surface area contributed by atoms with E-state index in [1.54, 1.807) is 14.1 Å². The topological polar surface area (TPSA) is 140 Å². The Kier molecular flexibility index (Phi) is 23.8. The molecule has 4 aromatic carbocycles. The van der Waals surface area contributed by atoms with Gasteiger partial charge in [-0.05, 0) is 105 Å². The van der Waals surface area contributed by atoms with Crippen molar-refractivity contribution in [3.63, 3.8) is 0 Å². The third-order valence-corrected chi connectivity index (χ3v) is 17.6. The van der Waals surface area contributed by atoms with E-state index in [2.05, 4.69) is 72.6 Å². The minimum Gasteiger partial charge on any atom is -0.337 e. The third kappa shape index (κ3) is 15.3. The summed E-state index contributed by atoms with van der Waals surface area (Å²) in [6, 6.07) is 32.6. The number of amides is 6. The second-order valence-corrected chi connectivity index (χ2v) is 22.7. The third-order valence-electron chi connectivity index (χ3n) is 15.7. The van der Waals surface area contributed by atoms with E-state index in [0.717, 1.165) is 80.4 Å². The lowest BCUT2D eigenvalue weighted by molar-refractivity contribution is 0.0727. The van der Waals surface area contributed by atoms with Gasteiger partial charge in [-0.15, -0.1) is 0 Å². The van der Waals surface area contributed by atoms with Crippen LogP contribution < -0.4 is 5.32 Å². The van der Waals surface area contributed by atoms with Crippen molar-refractivity contribution >= 4 is 60.9 Å². The molecule has 5 aliphatic heterocycles. The molecule has 5 fully saturated rings.